The molecule has 0 aromatic heterocycles. The molecule has 3 nitrogen and oxygen atoms in total. The molecule has 14 heavy (non-hydrogen) atoms. The van der Waals surface area contributed by atoms with Crippen molar-refractivity contribution in [1.29, 1.82) is 0 Å². The fraction of sp³-hybridized carbons (Fsp3) is 0.875. The highest BCUT2D eigenvalue weighted by Crippen LogP contribution is 2.48. The lowest BCUT2D eigenvalue weighted by molar-refractivity contribution is -0.162. The fourth-order valence-corrected chi connectivity index (χ4v) is 1.27. The van der Waals surface area contributed by atoms with Gasteiger partial charge >= 0.3 is 12.2 Å². The van der Waals surface area contributed by atoms with Crippen molar-refractivity contribution in [2.45, 2.75) is 43.4 Å². The summed E-state index contributed by atoms with van der Waals surface area (Å²) >= 11 is 0. The van der Waals surface area contributed by atoms with Crippen LogP contribution in [0.15, 0.2) is 0 Å². The van der Waals surface area contributed by atoms with Crippen molar-refractivity contribution >= 4 is 6.03 Å². The van der Waals surface area contributed by atoms with Crippen LogP contribution in [0.3, 0.4) is 0 Å². The summed E-state index contributed by atoms with van der Waals surface area (Å²) in [5, 5.41) is 4.48. The summed E-state index contributed by atoms with van der Waals surface area (Å²) in [6.07, 6.45) is -2.60. The van der Waals surface area contributed by atoms with Gasteiger partial charge in [0.05, 0.1) is 0 Å². The van der Waals surface area contributed by atoms with E-state index in [0.717, 1.165) is 12.8 Å². The second kappa shape index (κ2) is 2.77. The molecule has 6 heteroatoms. The third kappa shape index (κ3) is 1.78. The first kappa shape index (κ1) is 9.61. The molecular formula is C8H11F3N2O. The molecule has 0 aromatic rings. The van der Waals surface area contributed by atoms with Gasteiger partial charge in [0.2, 0.25) is 0 Å². The van der Waals surface area contributed by atoms with Gasteiger partial charge in [0.1, 0.15) is 5.54 Å². The highest BCUT2D eigenvalue weighted by atomic mass is 19.4. The summed E-state index contributed by atoms with van der Waals surface area (Å²) in [6, 6.07) is -0.610. The van der Waals surface area contributed by atoms with Crippen LogP contribution in [0, 0.1) is 0 Å². The lowest BCUT2D eigenvalue weighted by Crippen LogP contribution is -2.51. The smallest absolute Gasteiger partial charge is 0.335 e. The molecule has 2 N–H and O–H groups in total. The largest absolute Gasteiger partial charge is 0.411 e. The summed E-state index contributed by atoms with van der Waals surface area (Å²) in [6.45, 7) is 0. The number of carbonyl (C=O) groups excluding carboxylic acids is 1. The van der Waals surface area contributed by atoms with E-state index in [-0.39, 0.29) is 18.9 Å². The molecule has 0 radical (unpaired) electrons. The van der Waals surface area contributed by atoms with Gasteiger partial charge < -0.3 is 10.6 Å². The Balaban J connectivity index is 1.86. The first-order valence-corrected chi connectivity index (χ1v) is 4.58. The fourth-order valence-electron chi connectivity index (χ4n) is 1.27. The number of alkyl halides is 3. The van der Waals surface area contributed by atoms with Gasteiger partial charge in [-0.1, -0.05) is 0 Å². The second-order valence-electron chi connectivity index (χ2n) is 3.95. The summed E-state index contributed by atoms with van der Waals surface area (Å²) < 4.78 is 37.1. The molecule has 2 rings (SSSR count). The van der Waals surface area contributed by atoms with E-state index >= 15 is 0 Å². The molecule has 80 valence electrons. The van der Waals surface area contributed by atoms with Gasteiger partial charge in [0.15, 0.2) is 0 Å². The molecule has 2 saturated carbocycles. The maximum atomic E-state index is 12.4. The molecular weight excluding hydrogens is 197 g/mol. The highest BCUT2D eigenvalue weighted by Gasteiger charge is 2.64. The summed E-state index contributed by atoms with van der Waals surface area (Å²) in [4.78, 5) is 11.1. The van der Waals surface area contributed by atoms with Crippen molar-refractivity contribution in [2.24, 2.45) is 0 Å². The van der Waals surface area contributed by atoms with E-state index in [1.165, 1.54) is 0 Å². The van der Waals surface area contributed by atoms with Gasteiger partial charge in [0.25, 0.3) is 0 Å². The number of urea groups is 1. The molecule has 0 aliphatic heterocycles. The molecule has 2 amide bonds. The van der Waals surface area contributed by atoms with Crippen molar-refractivity contribution in [3.8, 4) is 0 Å². The van der Waals surface area contributed by atoms with Crippen molar-refractivity contribution < 1.29 is 18.0 Å². The molecule has 2 fully saturated rings. The van der Waals surface area contributed by atoms with Crippen molar-refractivity contribution in [2.75, 3.05) is 0 Å². The van der Waals surface area contributed by atoms with Crippen LogP contribution in [0.25, 0.3) is 0 Å². The molecule has 0 unspecified atom stereocenters. The van der Waals surface area contributed by atoms with Gasteiger partial charge in [-0.2, -0.15) is 13.2 Å². The van der Waals surface area contributed by atoms with Crippen LogP contribution in [-0.4, -0.2) is 23.8 Å². The zero-order valence-corrected chi connectivity index (χ0v) is 7.45. The number of rotatable bonds is 2. The second-order valence-corrected chi connectivity index (χ2v) is 3.95. The molecule has 0 atom stereocenters. The highest BCUT2D eigenvalue weighted by molar-refractivity contribution is 5.76. The third-order valence-corrected chi connectivity index (χ3v) is 2.56. The summed E-state index contributed by atoms with van der Waals surface area (Å²) in [5.41, 5.74) is -1.94. The van der Waals surface area contributed by atoms with Gasteiger partial charge in [-0.25, -0.2) is 4.79 Å². The number of nitrogens with one attached hydrogen (secondary N) is 2. The number of hydrogen-bond acceptors (Lipinski definition) is 1. The quantitative estimate of drug-likeness (QED) is 0.710. The number of halogens is 3. The third-order valence-electron chi connectivity index (χ3n) is 2.56. The summed E-state index contributed by atoms with van der Waals surface area (Å²) in [5.74, 6) is 0. The van der Waals surface area contributed by atoms with E-state index in [0.29, 0.717) is 0 Å². The Labute approximate surface area is 79.0 Å². The molecule has 0 aromatic carbocycles. The van der Waals surface area contributed by atoms with E-state index in [1.807, 2.05) is 5.32 Å². The molecule has 2 aliphatic carbocycles. The Bertz CT molecular complexity index is 256. The van der Waals surface area contributed by atoms with Gasteiger partial charge in [-0.15, -0.1) is 0 Å². The van der Waals surface area contributed by atoms with Crippen LogP contribution in [0.2, 0.25) is 0 Å². The van der Waals surface area contributed by atoms with Crippen LogP contribution in [0.4, 0.5) is 18.0 Å². The molecule has 0 spiro atoms. The predicted octanol–water partition coefficient (Wildman–Crippen LogP) is 1.54. The minimum absolute atomic E-state index is 0.00537. The first-order chi connectivity index (χ1) is 6.43. The Morgan fingerprint density at radius 3 is 2.21 bits per heavy atom. The Kier molecular flexibility index (Phi) is 1.90. The van der Waals surface area contributed by atoms with Gasteiger partial charge in [-0.05, 0) is 25.7 Å². The molecule has 0 saturated heterocycles. The van der Waals surface area contributed by atoms with Crippen LogP contribution in [0.5, 0.6) is 0 Å². The Morgan fingerprint density at radius 1 is 1.29 bits per heavy atom. The van der Waals surface area contributed by atoms with E-state index in [4.69, 9.17) is 0 Å². The minimum Gasteiger partial charge on any atom is -0.335 e. The average Bonchev–Trinajstić information content (AvgIpc) is 2.80. The maximum Gasteiger partial charge on any atom is 0.411 e. The number of amides is 2. The molecule has 0 heterocycles. The van der Waals surface area contributed by atoms with E-state index in [1.54, 1.807) is 0 Å². The average molecular weight is 208 g/mol. The minimum atomic E-state index is -4.33. The topological polar surface area (TPSA) is 41.1 Å². The maximum absolute atomic E-state index is 12.4. The zero-order valence-electron chi connectivity index (χ0n) is 7.45. The number of hydrogen-bond donors (Lipinski definition) is 2. The lowest BCUT2D eigenvalue weighted by Gasteiger charge is -2.20. The van der Waals surface area contributed by atoms with Gasteiger partial charge in [0, 0.05) is 6.04 Å². The van der Waals surface area contributed by atoms with Crippen molar-refractivity contribution in [3.63, 3.8) is 0 Å². The van der Waals surface area contributed by atoms with Crippen molar-refractivity contribution in [3.05, 3.63) is 0 Å². The number of carbonyl (C=O) groups is 1. The van der Waals surface area contributed by atoms with E-state index < -0.39 is 17.7 Å². The normalized spacial score (nSPS) is 24.2. The van der Waals surface area contributed by atoms with E-state index in [9.17, 15) is 18.0 Å². The first-order valence-electron chi connectivity index (χ1n) is 4.58. The van der Waals surface area contributed by atoms with Gasteiger partial charge in [-0.3, -0.25) is 0 Å². The Hall–Kier alpha value is -0.940. The van der Waals surface area contributed by atoms with Crippen LogP contribution in [-0.2, 0) is 0 Å². The monoisotopic (exact) mass is 208 g/mol. The standard InChI is InChI=1S/C8H11F3N2O/c9-8(10,11)7(3-4-7)13-6(14)12-5-1-2-5/h5H,1-4H2,(H2,12,13,14). The van der Waals surface area contributed by atoms with Crippen molar-refractivity contribution in [1.82, 2.24) is 10.6 Å². The van der Waals surface area contributed by atoms with Crippen LogP contribution >= 0.6 is 0 Å². The molecule has 0 bridgehead atoms. The predicted molar refractivity (Wildman–Crippen MR) is 42.7 cm³/mol. The Morgan fingerprint density at radius 2 is 1.86 bits per heavy atom. The van der Waals surface area contributed by atoms with Crippen LogP contribution in [0.1, 0.15) is 25.7 Å². The van der Waals surface area contributed by atoms with Crippen LogP contribution < -0.4 is 10.6 Å². The SMILES string of the molecule is O=C(NC1CC1)NC1(C(F)(F)F)CC1. The molecule has 2 aliphatic rings. The summed E-state index contributed by atoms with van der Waals surface area (Å²) in [7, 11) is 0. The lowest BCUT2D eigenvalue weighted by atomic mass is 10.2. The van der Waals surface area contributed by atoms with E-state index in [2.05, 4.69) is 5.32 Å². The zero-order chi connectivity index (χ0) is 10.4.